The van der Waals surface area contributed by atoms with Crippen LogP contribution < -0.4 is 15.9 Å². The smallest absolute Gasteiger partial charge is 0.233 e. The van der Waals surface area contributed by atoms with Gasteiger partial charge >= 0.3 is 0 Å². The Kier molecular flexibility index (Phi) is 5.56. The van der Waals surface area contributed by atoms with Crippen LogP contribution in [-0.2, 0) is 5.54 Å². The predicted octanol–water partition coefficient (Wildman–Crippen LogP) is 5.29. The van der Waals surface area contributed by atoms with E-state index in [-0.39, 0.29) is 29.1 Å². The largest absolute Gasteiger partial charge is 0.481 e. The van der Waals surface area contributed by atoms with Crippen LogP contribution in [0, 0.1) is 0 Å². The van der Waals surface area contributed by atoms with Crippen LogP contribution in [0.15, 0.2) is 75.9 Å². The molecule has 0 atom stereocenters. The Labute approximate surface area is 186 Å². The molecule has 4 aromatic rings. The third-order valence-corrected chi connectivity index (χ3v) is 5.97. The van der Waals surface area contributed by atoms with E-state index < -0.39 is 0 Å². The fourth-order valence-corrected chi connectivity index (χ4v) is 4.04. The van der Waals surface area contributed by atoms with Gasteiger partial charge in [-0.15, -0.1) is 12.4 Å². The highest BCUT2D eigenvalue weighted by atomic mass is 35.5. The molecule has 0 radical (unpaired) electrons. The first-order valence-corrected chi connectivity index (χ1v) is 10.1. The molecule has 6 heteroatoms. The van der Waals surface area contributed by atoms with Gasteiger partial charge in [-0.3, -0.25) is 4.79 Å². The maximum atomic E-state index is 13.5. The van der Waals surface area contributed by atoms with Crippen LogP contribution in [-0.4, -0.2) is 12.1 Å². The standard InChI is InChI=1S/C25H22N2O3.ClH/c1-29-20-13-12-19-22(28)21(16-8-10-18(11-9-16)25(26)14-5-15-25)23(30-24(19)27-20)17-6-3-2-4-7-17;/h2-4,6-13H,5,14-15,26H2,1H3;1H. The van der Waals surface area contributed by atoms with Crippen molar-refractivity contribution in [1.82, 2.24) is 4.98 Å². The third-order valence-electron chi connectivity index (χ3n) is 5.97. The van der Waals surface area contributed by atoms with Crippen LogP contribution in [0.25, 0.3) is 33.6 Å². The van der Waals surface area contributed by atoms with E-state index in [4.69, 9.17) is 14.9 Å². The first-order chi connectivity index (χ1) is 14.6. The average molecular weight is 435 g/mol. The van der Waals surface area contributed by atoms with Gasteiger partial charge in [-0.2, -0.15) is 4.98 Å². The molecule has 1 aliphatic rings. The predicted molar refractivity (Wildman–Crippen MR) is 125 cm³/mol. The van der Waals surface area contributed by atoms with Gasteiger partial charge in [0.05, 0.1) is 18.1 Å². The molecule has 2 aromatic heterocycles. The summed E-state index contributed by atoms with van der Waals surface area (Å²) in [5, 5.41) is 0.420. The third kappa shape index (κ3) is 3.60. The second-order valence-corrected chi connectivity index (χ2v) is 7.79. The molecule has 0 spiro atoms. The fraction of sp³-hybridized carbons (Fsp3) is 0.200. The molecular formula is C25H23ClN2O3. The van der Waals surface area contributed by atoms with E-state index in [2.05, 4.69) is 4.98 Å². The van der Waals surface area contributed by atoms with Gasteiger partial charge in [-0.25, -0.2) is 0 Å². The van der Waals surface area contributed by atoms with Crippen molar-refractivity contribution in [3.05, 3.63) is 82.5 Å². The van der Waals surface area contributed by atoms with Crippen LogP contribution in [0.1, 0.15) is 24.8 Å². The summed E-state index contributed by atoms with van der Waals surface area (Å²) in [5.41, 5.74) is 9.60. The molecule has 5 rings (SSSR count). The van der Waals surface area contributed by atoms with Gasteiger partial charge in [-0.1, -0.05) is 54.6 Å². The molecule has 0 saturated heterocycles. The van der Waals surface area contributed by atoms with Crippen molar-refractivity contribution in [3.8, 4) is 28.3 Å². The van der Waals surface area contributed by atoms with E-state index >= 15 is 0 Å². The van der Waals surface area contributed by atoms with Gasteiger partial charge in [0, 0.05) is 17.2 Å². The van der Waals surface area contributed by atoms with Gasteiger partial charge in [0.25, 0.3) is 0 Å². The lowest BCUT2D eigenvalue weighted by Crippen LogP contribution is -2.43. The summed E-state index contributed by atoms with van der Waals surface area (Å²) in [7, 11) is 1.53. The number of nitrogens with two attached hydrogens (primary N) is 1. The molecule has 158 valence electrons. The minimum Gasteiger partial charge on any atom is -0.481 e. The number of nitrogens with zero attached hydrogens (tertiary/aromatic N) is 1. The lowest BCUT2D eigenvalue weighted by Gasteiger charge is -2.38. The molecule has 1 aliphatic carbocycles. The minimum atomic E-state index is -0.241. The highest BCUT2D eigenvalue weighted by Crippen LogP contribution is 2.40. The summed E-state index contributed by atoms with van der Waals surface area (Å²) in [4.78, 5) is 17.8. The second kappa shape index (κ2) is 8.17. The molecule has 1 fully saturated rings. The molecule has 0 amide bonds. The number of benzene rings is 2. The molecule has 5 nitrogen and oxygen atoms in total. The van der Waals surface area contributed by atoms with Gasteiger partial charge < -0.3 is 14.9 Å². The number of ether oxygens (including phenoxy) is 1. The molecule has 2 aromatic carbocycles. The Morgan fingerprint density at radius 2 is 1.68 bits per heavy atom. The first-order valence-electron chi connectivity index (χ1n) is 10.1. The van der Waals surface area contributed by atoms with E-state index in [0.29, 0.717) is 22.6 Å². The molecule has 31 heavy (non-hydrogen) atoms. The van der Waals surface area contributed by atoms with E-state index in [9.17, 15) is 4.79 Å². The summed E-state index contributed by atoms with van der Waals surface area (Å²) in [6.07, 6.45) is 3.14. The number of aromatic nitrogens is 1. The summed E-state index contributed by atoms with van der Waals surface area (Å²) in [6, 6.07) is 21.0. The summed E-state index contributed by atoms with van der Waals surface area (Å²) < 4.78 is 11.4. The Bertz CT molecular complexity index is 1280. The molecule has 2 heterocycles. The van der Waals surface area contributed by atoms with Gasteiger partial charge in [-0.05, 0) is 36.5 Å². The first kappa shape index (κ1) is 21.1. The van der Waals surface area contributed by atoms with Crippen LogP contribution >= 0.6 is 12.4 Å². The molecular weight excluding hydrogens is 412 g/mol. The lowest BCUT2D eigenvalue weighted by molar-refractivity contribution is 0.253. The minimum absolute atomic E-state index is 0. The lowest BCUT2D eigenvalue weighted by atomic mass is 9.72. The quantitative estimate of drug-likeness (QED) is 0.472. The number of hydrogen-bond acceptors (Lipinski definition) is 5. The van der Waals surface area contributed by atoms with Crippen molar-refractivity contribution in [2.75, 3.05) is 7.11 Å². The Morgan fingerprint density at radius 1 is 0.968 bits per heavy atom. The monoisotopic (exact) mass is 434 g/mol. The zero-order chi connectivity index (χ0) is 20.7. The number of halogens is 1. The Hall–Kier alpha value is -3.15. The van der Waals surface area contributed by atoms with Crippen LogP contribution in [0.5, 0.6) is 5.88 Å². The van der Waals surface area contributed by atoms with E-state index in [1.54, 1.807) is 12.1 Å². The highest BCUT2D eigenvalue weighted by Gasteiger charge is 2.34. The van der Waals surface area contributed by atoms with E-state index in [1.165, 1.54) is 7.11 Å². The maximum absolute atomic E-state index is 13.5. The van der Waals surface area contributed by atoms with E-state index in [1.807, 2.05) is 54.6 Å². The molecule has 0 bridgehead atoms. The van der Waals surface area contributed by atoms with Crippen molar-refractivity contribution in [3.63, 3.8) is 0 Å². The molecule has 2 N–H and O–H groups in total. The molecule has 0 unspecified atom stereocenters. The van der Waals surface area contributed by atoms with E-state index in [0.717, 1.165) is 36.0 Å². The second-order valence-electron chi connectivity index (χ2n) is 7.79. The van der Waals surface area contributed by atoms with Crippen LogP contribution in [0.4, 0.5) is 0 Å². The summed E-state index contributed by atoms with van der Waals surface area (Å²) in [5.74, 6) is 0.892. The number of hydrogen-bond donors (Lipinski definition) is 1. The fourth-order valence-electron chi connectivity index (χ4n) is 4.04. The number of rotatable bonds is 4. The Balaban J connectivity index is 0.00000231. The molecule has 0 aliphatic heterocycles. The average Bonchev–Trinajstić information content (AvgIpc) is 2.77. The van der Waals surface area contributed by atoms with Crippen LogP contribution in [0.2, 0.25) is 0 Å². The normalized spacial score (nSPS) is 14.5. The highest BCUT2D eigenvalue weighted by molar-refractivity contribution is 5.88. The van der Waals surface area contributed by atoms with Crippen molar-refractivity contribution in [2.45, 2.75) is 24.8 Å². The van der Waals surface area contributed by atoms with Gasteiger partial charge in [0.2, 0.25) is 17.0 Å². The van der Waals surface area contributed by atoms with Crippen molar-refractivity contribution >= 4 is 23.5 Å². The Morgan fingerprint density at radius 3 is 2.29 bits per heavy atom. The number of pyridine rings is 1. The number of methoxy groups -OCH3 is 1. The SMILES string of the molecule is COc1ccc2c(=O)c(-c3ccc(C4(N)CCC4)cc3)c(-c3ccccc3)oc2n1.Cl. The summed E-state index contributed by atoms with van der Waals surface area (Å²) in [6.45, 7) is 0. The van der Waals surface area contributed by atoms with Crippen molar-refractivity contribution in [2.24, 2.45) is 5.73 Å². The van der Waals surface area contributed by atoms with Gasteiger partial charge in [0.15, 0.2) is 0 Å². The molecule has 1 saturated carbocycles. The zero-order valence-electron chi connectivity index (χ0n) is 17.1. The van der Waals surface area contributed by atoms with Gasteiger partial charge in [0.1, 0.15) is 5.76 Å². The van der Waals surface area contributed by atoms with Crippen molar-refractivity contribution < 1.29 is 9.15 Å². The van der Waals surface area contributed by atoms with Crippen LogP contribution in [0.3, 0.4) is 0 Å². The topological polar surface area (TPSA) is 78.4 Å². The maximum Gasteiger partial charge on any atom is 0.233 e. The zero-order valence-corrected chi connectivity index (χ0v) is 17.9. The summed E-state index contributed by atoms with van der Waals surface area (Å²) >= 11 is 0. The van der Waals surface area contributed by atoms with Crippen molar-refractivity contribution in [1.29, 1.82) is 0 Å². The number of fused-ring (bicyclic) bond motifs is 1.